The van der Waals surface area contributed by atoms with E-state index in [0.29, 0.717) is 10.1 Å². The van der Waals surface area contributed by atoms with Gasteiger partial charge in [-0.2, -0.15) is 0 Å². The third-order valence-electron chi connectivity index (χ3n) is 4.01. The third-order valence-corrected chi connectivity index (χ3v) is 7.54. The zero-order valence-corrected chi connectivity index (χ0v) is 14.6. The van der Waals surface area contributed by atoms with E-state index in [1.807, 2.05) is 6.07 Å². The van der Waals surface area contributed by atoms with Crippen molar-refractivity contribution in [2.24, 2.45) is 5.92 Å². The number of sulfonamides is 1. The first-order valence-corrected chi connectivity index (χ1v) is 9.76. The van der Waals surface area contributed by atoms with E-state index in [2.05, 4.69) is 25.5 Å². The van der Waals surface area contributed by atoms with Gasteiger partial charge in [0.2, 0.25) is 10.0 Å². The zero-order chi connectivity index (χ0) is 15.7. The third kappa shape index (κ3) is 4.28. The van der Waals surface area contributed by atoms with Crippen LogP contribution in [0.4, 0.5) is 0 Å². The lowest BCUT2D eigenvalue weighted by atomic mass is 9.87. The van der Waals surface area contributed by atoms with Crippen molar-refractivity contribution in [3.8, 4) is 0 Å². The summed E-state index contributed by atoms with van der Waals surface area (Å²) in [6.45, 7) is 6.45. The van der Waals surface area contributed by atoms with Crippen LogP contribution in [0.3, 0.4) is 0 Å². The molecule has 6 heteroatoms. The molecule has 0 radical (unpaired) electrons. The molecular weight excluding hydrogens is 306 g/mol. The van der Waals surface area contributed by atoms with Crippen LogP contribution in [0.15, 0.2) is 16.3 Å². The number of rotatable bonds is 4. The molecule has 21 heavy (non-hydrogen) atoms. The Morgan fingerprint density at radius 3 is 2.33 bits per heavy atom. The Hall–Kier alpha value is -0.430. The fourth-order valence-corrected chi connectivity index (χ4v) is 5.29. The van der Waals surface area contributed by atoms with Gasteiger partial charge in [0.1, 0.15) is 4.21 Å². The minimum Gasteiger partial charge on any atom is -0.396 e. The molecule has 0 atom stereocenters. The molecule has 1 saturated carbocycles. The molecule has 120 valence electrons. The highest BCUT2D eigenvalue weighted by molar-refractivity contribution is 7.91. The molecule has 1 aliphatic carbocycles. The van der Waals surface area contributed by atoms with Crippen molar-refractivity contribution in [3.05, 3.63) is 17.0 Å². The van der Waals surface area contributed by atoms with Crippen molar-refractivity contribution in [2.75, 3.05) is 6.61 Å². The van der Waals surface area contributed by atoms with Crippen LogP contribution in [0, 0.1) is 5.92 Å². The van der Waals surface area contributed by atoms with Gasteiger partial charge in [-0.1, -0.05) is 20.8 Å². The Balaban J connectivity index is 2.04. The van der Waals surface area contributed by atoms with Gasteiger partial charge in [0.25, 0.3) is 0 Å². The Labute approximate surface area is 131 Å². The van der Waals surface area contributed by atoms with Crippen LogP contribution in [0.1, 0.15) is 51.3 Å². The number of hydrogen-bond donors (Lipinski definition) is 2. The largest absolute Gasteiger partial charge is 0.396 e. The van der Waals surface area contributed by atoms with Crippen molar-refractivity contribution in [2.45, 2.75) is 62.1 Å². The van der Waals surface area contributed by atoms with Crippen LogP contribution in [-0.2, 0) is 15.4 Å². The smallest absolute Gasteiger partial charge is 0.250 e. The van der Waals surface area contributed by atoms with Gasteiger partial charge in [-0.05, 0) is 49.1 Å². The average Bonchev–Trinajstić information content (AvgIpc) is 2.89. The van der Waals surface area contributed by atoms with Crippen LogP contribution in [0.2, 0.25) is 0 Å². The summed E-state index contributed by atoms with van der Waals surface area (Å²) in [5.74, 6) is 0.333. The molecule has 1 heterocycles. The summed E-state index contributed by atoms with van der Waals surface area (Å²) >= 11 is 1.35. The molecule has 0 amide bonds. The first-order valence-electron chi connectivity index (χ1n) is 7.46. The molecule has 0 saturated heterocycles. The van der Waals surface area contributed by atoms with E-state index in [4.69, 9.17) is 5.11 Å². The molecule has 1 aliphatic rings. The number of thiophene rings is 1. The van der Waals surface area contributed by atoms with E-state index in [-0.39, 0.29) is 18.1 Å². The summed E-state index contributed by atoms with van der Waals surface area (Å²) in [6.07, 6.45) is 3.40. The highest BCUT2D eigenvalue weighted by Gasteiger charge is 2.27. The second kappa shape index (κ2) is 6.36. The quantitative estimate of drug-likeness (QED) is 0.891. The molecule has 4 nitrogen and oxygen atoms in total. The normalized spacial score (nSPS) is 24.2. The lowest BCUT2D eigenvalue weighted by Gasteiger charge is -2.27. The van der Waals surface area contributed by atoms with Gasteiger partial charge in [-0.15, -0.1) is 11.3 Å². The summed E-state index contributed by atoms with van der Waals surface area (Å²) in [4.78, 5) is 1.08. The standard InChI is InChI=1S/C15H25NO3S2/c1-15(2,3)13-8-9-14(20-13)21(18,19)16-12-6-4-11(10-17)5-7-12/h8-9,11-12,16-17H,4-7,10H2,1-3H3. The van der Waals surface area contributed by atoms with Gasteiger partial charge in [0.15, 0.2) is 0 Å². The predicted octanol–water partition coefficient (Wildman–Crippen LogP) is 2.88. The van der Waals surface area contributed by atoms with Crippen molar-refractivity contribution in [3.63, 3.8) is 0 Å². The van der Waals surface area contributed by atoms with E-state index in [9.17, 15) is 8.42 Å². The molecule has 0 aliphatic heterocycles. The minimum atomic E-state index is -3.42. The van der Waals surface area contributed by atoms with E-state index >= 15 is 0 Å². The second-order valence-corrected chi connectivity index (χ2v) is 9.91. The van der Waals surface area contributed by atoms with Crippen LogP contribution in [-0.4, -0.2) is 26.2 Å². The summed E-state index contributed by atoms with van der Waals surface area (Å²) < 4.78 is 28.1. The highest BCUT2D eigenvalue weighted by Crippen LogP contribution is 2.32. The summed E-state index contributed by atoms with van der Waals surface area (Å²) in [5.41, 5.74) is -0.0301. The number of nitrogens with one attached hydrogen (secondary N) is 1. The van der Waals surface area contributed by atoms with Gasteiger partial charge in [0.05, 0.1) is 0 Å². The van der Waals surface area contributed by atoms with Crippen molar-refractivity contribution in [1.82, 2.24) is 4.72 Å². The van der Waals surface area contributed by atoms with E-state index < -0.39 is 10.0 Å². The van der Waals surface area contributed by atoms with Crippen LogP contribution in [0.5, 0.6) is 0 Å². The fourth-order valence-electron chi connectivity index (χ4n) is 2.61. The van der Waals surface area contributed by atoms with Crippen LogP contribution >= 0.6 is 11.3 Å². The molecule has 0 aromatic carbocycles. The van der Waals surface area contributed by atoms with Gasteiger partial charge in [-0.3, -0.25) is 0 Å². The zero-order valence-electron chi connectivity index (χ0n) is 12.9. The van der Waals surface area contributed by atoms with E-state index in [1.54, 1.807) is 6.07 Å². The van der Waals surface area contributed by atoms with Gasteiger partial charge >= 0.3 is 0 Å². The van der Waals surface area contributed by atoms with E-state index in [1.165, 1.54) is 11.3 Å². The summed E-state index contributed by atoms with van der Waals surface area (Å²) in [5, 5.41) is 9.13. The molecule has 1 fully saturated rings. The number of aliphatic hydroxyl groups is 1. The summed E-state index contributed by atoms with van der Waals surface area (Å²) in [6, 6.07) is 3.60. The molecule has 2 N–H and O–H groups in total. The Bertz CT molecular complexity index is 564. The first kappa shape index (κ1) is 16.9. The Kier molecular flexibility index (Phi) is 5.13. The topological polar surface area (TPSA) is 66.4 Å². The average molecular weight is 332 g/mol. The monoisotopic (exact) mass is 331 g/mol. The molecular formula is C15H25NO3S2. The minimum absolute atomic E-state index is 0.00186. The first-order chi connectivity index (χ1) is 9.72. The molecule has 2 rings (SSSR count). The number of aliphatic hydroxyl groups excluding tert-OH is 1. The molecule has 0 bridgehead atoms. The molecule has 1 aromatic rings. The van der Waals surface area contributed by atoms with Crippen molar-refractivity contribution < 1.29 is 13.5 Å². The Morgan fingerprint density at radius 2 is 1.86 bits per heavy atom. The number of hydrogen-bond acceptors (Lipinski definition) is 4. The fraction of sp³-hybridized carbons (Fsp3) is 0.733. The van der Waals surface area contributed by atoms with Crippen molar-refractivity contribution in [1.29, 1.82) is 0 Å². The highest BCUT2D eigenvalue weighted by atomic mass is 32.2. The van der Waals surface area contributed by atoms with Gasteiger partial charge < -0.3 is 5.11 Å². The summed E-state index contributed by atoms with van der Waals surface area (Å²) in [7, 11) is -3.42. The maximum Gasteiger partial charge on any atom is 0.250 e. The lowest BCUT2D eigenvalue weighted by Crippen LogP contribution is -2.37. The molecule has 0 unspecified atom stereocenters. The van der Waals surface area contributed by atoms with Gasteiger partial charge in [0, 0.05) is 17.5 Å². The second-order valence-electron chi connectivity index (χ2n) is 6.89. The maximum atomic E-state index is 12.4. The Morgan fingerprint density at radius 1 is 1.24 bits per heavy atom. The van der Waals surface area contributed by atoms with Crippen LogP contribution < -0.4 is 4.72 Å². The van der Waals surface area contributed by atoms with Gasteiger partial charge in [-0.25, -0.2) is 13.1 Å². The molecule has 1 aromatic heterocycles. The molecule has 0 spiro atoms. The SMILES string of the molecule is CC(C)(C)c1ccc(S(=O)(=O)NC2CCC(CO)CC2)s1. The lowest BCUT2D eigenvalue weighted by molar-refractivity contribution is 0.180. The van der Waals surface area contributed by atoms with Crippen LogP contribution in [0.25, 0.3) is 0 Å². The van der Waals surface area contributed by atoms with Crippen molar-refractivity contribution >= 4 is 21.4 Å². The maximum absolute atomic E-state index is 12.4. The van der Waals surface area contributed by atoms with E-state index in [0.717, 1.165) is 30.6 Å². The predicted molar refractivity (Wildman–Crippen MR) is 86.2 cm³/mol.